The van der Waals surface area contributed by atoms with E-state index in [1.165, 1.54) is 17.9 Å². The van der Waals surface area contributed by atoms with Gasteiger partial charge in [-0.3, -0.25) is 4.79 Å². The van der Waals surface area contributed by atoms with Crippen LogP contribution < -0.4 is 5.56 Å². The van der Waals surface area contributed by atoms with Crippen molar-refractivity contribution in [2.75, 3.05) is 7.11 Å². The molecule has 0 unspecified atom stereocenters. The Morgan fingerprint density at radius 1 is 1.29 bits per heavy atom. The zero-order valence-corrected chi connectivity index (χ0v) is 12.4. The molecule has 1 aromatic heterocycles. The van der Waals surface area contributed by atoms with Crippen molar-refractivity contribution in [1.82, 2.24) is 9.78 Å². The minimum absolute atomic E-state index is 0.315. The molecule has 1 heterocycles. The monoisotopic (exact) mass is 286 g/mol. The number of ether oxygens (including phenoxy) is 1. The summed E-state index contributed by atoms with van der Waals surface area (Å²) >= 11 is 0. The van der Waals surface area contributed by atoms with E-state index < -0.39 is 12.0 Å². The summed E-state index contributed by atoms with van der Waals surface area (Å²) in [7, 11) is 1.31. The largest absolute Gasteiger partial charge is 0.467 e. The number of hydrogen-bond donors (Lipinski definition) is 0. The molecule has 0 saturated heterocycles. The van der Waals surface area contributed by atoms with Gasteiger partial charge in [0.05, 0.1) is 12.8 Å². The minimum Gasteiger partial charge on any atom is -0.467 e. The summed E-state index contributed by atoms with van der Waals surface area (Å²) in [5.74, 6) is -0.464. The summed E-state index contributed by atoms with van der Waals surface area (Å²) < 4.78 is 5.95. The summed E-state index contributed by atoms with van der Waals surface area (Å²) in [5, 5.41) is 4.35. The highest BCUT2D eigenvalue weighted by Crippen LogP contribution is 2.20. The van der Waals surface area contributed by atoms with E-state index in [2.05, 4.69) is 5.10 Å². The van der Waals surface area contributed by atoms with Crippen molar-refractivity contribution < 1.29 is 9.53 Å². The third-order valence-electron chi connectivity index (χ3n) is 3.40. The Morgan fingerprint density at radius 2 is 2.00 bits per heavy atom. The van der Waals surface area contributed by atoms with Crippen molar-refractivity contribution >= 4 is 5.97 Å². The summed E-state index contributed by atoms with van der Waals surface area (Å²) in [6.45, 7) is 3.79. The van der Waals surface area contributed by atoms with E-state index in [1.807, 2.05) is 38.1 Å². The second-order valence-electron chi connectivity index (χ2n) is 4.76. The lowest BCUT2D eigenvalue weighted by Crippen LogP contribution is -2.32. The zero-order chi connectivity index (χ0) is 15.4. The highest BCUT2D eigenvalue weighted by Gasteiger charge is 2.21. The number of benzene rings is 1. The Labute approximate surface area is 123 Å². The van der Waals surface area contributed by atoms with Crippen molar-refractivity contribution in [3.05, 3.63) is 52.3 Å². The van der Waals surface area contributed by atoms with E-state index in [4.69, 9.17) is 4.74 Å². The molecule has 0 aliphatic rings. The van der Waals surface area contributed by atoms with Crippen molar-refractivity contribution in [2.24, 2.45) is 0 Å². The van der Waals surface area contributed by atoms with Gasteiger partial charge in [0.1, 0.15) is 0 Å². The van der Waals surface area contributed by atoms with Crippen LogP contribution in [0.25, 0.3) is 11.3 Å². The summed E-state index contributed by atoms with van der Waals surface area (Å²) in [5.41, 5.74) is 2.34. The predicted octanol–water partition coefficient (Wildman–Crippen LogP) is 2.34. The van der Waals surface area contributed by atoms with Gasteiger partial charge in [0, 0.05) is 11.6 Å². The third kappa shape index (κ3) is 3.02. The number of rotatable bonds is 4. The third-order valence-corrected chi connectivity index (χ3v) is 3.40. The molecule has 110 valence electrons. The zero-order valence-electron chi connectivity index (χ0n) is 12.4. The van der Waals surface area contributed by atoms with E-state index >= 15 is 0 Å². The number of carbonyl (C=O) groups is 1. The molecule has 5 heteroatoms. The molecule has 0 N–H and O–H groups in total. The molecule has 0 fully saturated rings. The SMILES string of the molecule is CC[C@H](C(=O)OC)n1nc(-c2ccccc2C)ccc1=O. The number of hydrogen-bond acceptors (Lipinski definition) is 4. The standard InChI is InChI=1S/C16H18N2O3/c1-4-14(16(20)21-3)18-15(19)10-9-13(17-18)12-8-6-5-7-11(12)2/h5-10,14H,4H2,1-3H3/t14-/m1/s1. The van der Waals surface area contributed by atoms with Crippen molar-refractivity contribution in [3.8, 4) is 11.3 Å². The van der Waals surface area contributed by atoms with Gasteiger partial charge in [-0.15, -0.1) is 0 Å². The average Bonchev–Trinajstić information content (AvgIpc) is 2.50. The van der Waals surface area contributed by atoms with Crippen LogP contribution in [0.15, 0.2) is 41.2 Å². The van der Waals surface area contributed by atoms with Gasteiger partial charge in [-0.1, -0.05) is 31.2 Å². The van der Waals surface area contributed by atoms with Gasteiger partial charge < -0.3 is 4.74 Å². The van der Waals surface area contributed by atoms with Crippen LogP contribution >= 0.6 is 0 Å². The van der Waals surface area contributed by atoms with Crippen LogP contribution in [0.4, 0.5) is 0 Å². The lowest BCUT2D eigenvalue weighted by molar-refractivity contribution is -0.145. The van der Waals surface area contributed by atoms with Crippen LogP contribution in [-0.4, -0.2) is 22.9 Å². The van der Waals surface area contributed by atoms with Crippen LogP contribution in [0, 0.1) is 6.92 Å². The number of methoxy groups -OCH3 is 1. The summed E-state index contributed by atoms with van der Waals surface area (Å²) in [4.78, 5) is 23.8. The van der Waals surface area contributed by atoms with Crippen molar-refractivity contribution in [3.63, 3.8) is 0 Å². The molecule has 0 spiro atoms. The molecule has 21 heavy (non-hydrogen) atoms. The van der Waals surface area contributed by atoms with Gasteiger partial charge in [-0.25, -0.2) is 9.48 Å². The second-order valence-corrected chi connectivity index (χ2v) is 4.76. The fourth-order valence-electron chi connectivity index (χ4n) is 2.23. The average molecular weight is 286 g/mol. The Balaban J connectivity index is 2.54. The lowest BCUT2D eigenvalue weighted by Gasteiger charge is -2.15. The summed E-state index contributed by atoms with van der Waals surface area (Å²) in [6.07, 6.45) is 0.441. The highest BCUT2D eigenvalue weighted by atomic mass is 16.5. The molecule has 0 aliphatic carbocycles. The Hall–Kier alpha value is -2.43. The van der Waals surface area contributed by atoms with Gasteiger partial charge >= 0.3 is 5.97 Å². The number of aromatic nitrogens is 2. The van der Waals surface area contributed by atoms with Gasteiger partial charge in [0.2, 0.25) is 0 Å². The molecule has 1 aromatic carbocycles. The number of aryl methyl sites for hydroxylation is 1. The van der Waals surface area contributed by atoms with Crippen LogP contribution in [0.2, 0.25) is 0 Å². The van der Waals surface area contributed by atoms with E-state index in [0.29, 0.717) is 12.1 Å². The fraction of sp³-hybridized carbons (Fsp3) is 0.312. The molecule has 2 rings (SSSR count). The van der Waals surface area contributed by atoms with Crippen LogP contribution in [0.5, 0.6) is 0 Å². The number of esters is 1. The van der Waals surface area contributed by atoms with Crippen LogP contribution in [-0.2, 0) is 9.53 Å². The predicted molar refractivity (Wildman–Crippen MR) is 80.0 cm³/mol. The Bertz CT molecular complexity index is 707. The van der Waals surface area contributed by atoms with Gasteiger partial charge in [0.25, 0.3) is 5.56 Å². The maximum atomic E-state index is 12.0. The molecular weight excluding hydrogens is 268 g/mol. The molecule has 0 radical (unpaired) electrons. The first kappa shape index (κ1) is 15.0. The number of carbonyl (C=O) groups excluding carboxylic acids is 1. The molecule has 0 bridgehead atoms. The maximum absolute atomic E-state index is 12.0. The number of nitrogens with zero attached hydrogens (tertiary/aromatic N) is 2. The summed E-state index contributed by atoms with van der Waals surface area (Å²) in [6, 6.07) is 10.2. The topological polar surface area (TPSA) is 61.2 Å². The maximum Gasteiger partial charge on any atom is 0.330 e. The normalized spacial score (nSPS) is 12.0. The molecule has 0 aliphatic heterocycles. The van der Waals surface area contributed by atoms with Crippen LogP contribution in [0.3, 0.4) is 0 Å². The smallest absolute Gasteiger partial charge is 0.330 e. The van der Waals surface area contributed by atoms with Gasteiger partial charge in [0.15, 0.2) is 6.04 Å². The molecule has 1 atom stereocenters. The molecule has 5 nitrogen and oxygen atoms in total. The van der Waals surface area contributed by atoms with E-state index in [-0.39, 0.29) is 5.56 Å². The van der Waals surface area contributed by atoms with E-state index in [9.17, 15) is 9.59 Å². The Kier molecular flexibility index (Phi) is 4.52. The minimum atomic E-state index is -0.702. The lowest BCUT2D eigenvalue weighted by atomic mass is 10.1. The highest BCUT2D eigenvalue weighted by molar-refractivity contribution is 5.74. The first-order valence-electron chi connectivity index (χ1n) is 6.82. The van der Waals surface area contributed by atoms with E-state index in [0.717, 1.165) is 11.1 Å². The van der Waals surface area contributed by atoms with Gasteiger partial charge in [-0.2, -0.15) is 5.10 Å². The Morgan fingerprint density at radius 3 is 2.62 bits per heavy atom. The molecular formula is C16H18N2O3. The van der Waals surface area contributed by atoms with Crippen LogP contribution in [0.1, 0.15) is 24.9 Å². The second kappa shape index (κ2) is 6.35. The van der Waals surface area contributed by atoms with Gasteiger partial charge in [-0.05, 0) is 25.0 Å². The first-order chi connectivity index (χ1) is 10.1. The van der Waals surface area contributed by atoms with Crippen molar-refractivity contribution in [2.45, 2.75) is 26.3 Å². The first-order valence-corrected chi connectivity index (χ1v) is 6.82. The molecule has 2 aromatic rings. The molecule has 0 amide bonds. The quantitative estimate of drug-likeness (QED) is 0.809. The van der Waals surface area contributed by atoms with E-state index in [1.54, 1.807) is 6.07 Å². The fourth-order valence-corrected chi connectivity index (χ4v) is 2.23. The molecule has 0 saturated carbocycles. The van der Waals surface area contributed by atoms with Crippen molar-refractivity contribution in [1.29, 1.82) is 0 Å².